The largest absolute Gasteiger partial charge is 0.335 e. The van der Waals surface area contributed by atoms with E-state index in [-0.39, 0.29) is 5.91 Å². The SMILES string of the molecule is O=C(C=Cc1cccc(Br)c1)N1CCCC1CN1CCCCC1. The maximum absolute atomic E-state index is 12.6. The molecule has 1 unspecified atom stereocenters. The first-order chi connectivity index (χ1) is 11.2. The summed E-state index contributed by atoms with van der Waals surface area (Å²) in [5, 5.41) is 0. The summed E-state index contributed by atoms with van der Waals surface area (Å²) in [7, 11) is 0. The topological polar surface area (TPSA) is 23.6 Å². The van der Waals surface area contributed by atoms with Crippen LogP contribution in [0.25, 0.3) is 6.08 Å². The third-order valence-electron chi connectivity index (χ3n) is 4.84. The van der Waals surface area contributed by atoms with Crippen molar-refractivity contribution < 1.29 is 4.79 Å². The minimum absolute atomic E-state index is 0.157. The summed E-state index contributed by atoms with van der Waals surface area (Å²) in [5.41, 5.74) is 1.06. The number of amides is 1. The van der Waals surface area contributed by atoms with Gasteiger partial charge in [0.15, 0.2) is 0 Å². The second-order valence-corrected chi connectivity index (χ2v) is 7.49. The second-order valence-electron chi connectivity index (χ2n) is 6.58. The van der Waals surface area contributed by atoms with Crippen LogP contribution in [0.3, 0.4) is 0 Å². The van der Waals surface area contributed by atoms with Crippen molar-refractivity contribution in [1.82, 2.24) is 9.80 Å². The van der Waals surface area contributed by atoms with Gasteiger partial charge in [0, 0.05) is 29.7 Å². The summed E-state index contributed by atoms with van der Waals surface area (Å²) in [4.78, 5) is 17.2. The van der Waals surface area contributed by atoms with Crippen LogP contribution in [0.2, 0.25) is 0 Å². The number of carbonyl (C=O) groups excluding carboxylic acids is 1. The van der Waals surface area contributed by atoms with Crippen LogP contribution < -0.4 is 0 Å². The lowest BCUT2D eigenvalue weighted by Gasteiger charge is -2.32. The van der Waals surface area contributed by atoms with Gasteiger partial charge in [0.05, 0.1) is 0 Å². The molecule has 4 heteroatoms. The Bertz CT molecular complexity index is 566. The van der Waals surface area contributed by atoms with E-state index in [9.17, 15) is 4.79 Å². The van der Waals surface area contributed by atoms with Gasteiger partial charge in [-0.3, -0.25) is 4.79 Å². The van der Waals surface area contributed by atoms with Crippen molar-refractivity contribution in [3.8, 4) is 0 Å². The lowest BCUT2D eigenvalue weighted by atomic mass is 10.1. The highest BCUT2D eigenvalue weighted by atomic mass is 79.9. The zero-order valence-corrected chi connectivity index (χ0v) is 15.2. The van der Waals surface area contributed by atoms with Crippen LogP contribution >= 0.6 is 15.9 Å². The van der Waals surface area contributed by atoms with Gasteiger partial charge in [-0.05, 0) is 62.5 Å². The number of rotatable bonds is 4. The lowest BCUT2D eigenvalue weighted by molar-refractivity contribution is -0.127. The molecule has 3 rings (SSSR count). The average molecular weight is 377 g/mol. The van der Waals surface area contributed by atoms with Crippen molar-refractivity contribution in [3.05, 3.63) is 40.4 Å². The summed E-state index contributed by atoms with van der Waals surface area (Å²) < 4.78 is 1.04. The minimum Gasteiger partial charge on any atom is -0.335 e. The van der Waals surface area contributed by atoms with E-state index in [1.807, 2.05) is 30.3 Å². The molecular formula is C19H25BrN2O. The molecule has 3 nitrogen and oxygen atoms in total. The van der Waals surface area contributed by atoms with E-state index in [0.717, 1.165) is 36.0 Å². The van der Waals surface area contributed by atoms with Gasteiger partial charge >= 0.3 is 0 Å². The standard InChI is InChI=1S/C19H25BrN2O/c20-17-7-4-6-16(14-17)9-10-19(23)22-13-5-8-18(22)15-21-11-2-1-3-12-21/h4,6-7,9-10,14,18H,1-3,5,8,11-13,15H2. The zero-order chi connectivity index (χ0) is 16.1. The first-order valence-corrected chi connectivity index (χ1v) is 9.48. The monoisotopic (exact) mass is 376 g/mol. The Hall–Kier alpha value is -1.13. The van der Waals surface area contributed by atoms with E-state index in [1.54, 1.807) is 6.08 Å². The number of halogens is 1. The lowest BCUT2D eigenvalue weighted by Crippen LogP contribution is -2.44. The van der Waals surface area contributed by atoms with Crippen molar-refractivity contribution >= 4 is 27.9 Å². The van der Waals surface area contributed by atoms with E-state index >= 15 is 0 Å². The fraction of sp³-hybridized carbons (Fsp3) is 0.526. The van der Waals surface area contributed by atoms with Crippen LogP contribution in [0.5, 0.6) is 0 Å². The molecule has 1 amide bonds. The van der Waals surface area contributed by atoms with Crippen LogP contribution in [-0.4, -0.2) is 47.9 Å². The smallest absolute Gasteiger partial charge is 0.246 e. The van der Waals surface area contributed by atoms with Gasteiger partial charge in [0.25, 0.3) is 0 Å². The van der Waals surface area contributed by atoms with E-state index < -0.39 is 0 Å². The van der Waals surface area contributed by atoms with Crippen LogP contribution in [0.1, 0.15) is 37.7 Å². The quantitative estimate of drug-likeness (QED) is 0.742. The van der Waals surface area contributed by atoms with Gasteiger partial charge in [-0.2, -0.15) is 0 Å². The maximum Gasteiger partial charge on any atom is 0.246 e. The predicted octanol–water partition coefficient (Wildman–Crippen LogP) is 3.94. The highest BCUT2D eigenvalue weighted by molar-refractivity contribution is 9.10. The Morgan fingerprint density at radius 2 is 2.00 bits per heavy atom. The second kappa shape index (κ2) is 8.11. The van der Waals surface area contributed by atoms with Gasteiger partial charge in [-0.15, -0.1) is 0 Å². The number of nitrogens with zero attached hydrogens (tertiary/aromatic N) is 2. The van der Waals surface area contributed by atoms with E-state index in [2.05, 4.69) is 25.7 Å². The molecule has 2 aliphatic heterocycles. The highest BCUT2D eigenvalue weighted by Gasteiger charge is 2.29. The molecular weight excluding hydrogens is 352 g/mol. The molecule has 2 saturated heterocycles. The van der Waals surface area contributed by atoms with Crippen molar-refractivity contribution in [2.75, 3.05) is 26.2 Å². The van der Waals surface area contributed by atoms with Gasteiger partial charge in [0.1, 0.15) is 0 Å². The molecule has 1 atom stereocenters. The third kappa shape index (κ3) is 4.67. The first-order valence-electron chi connectivity index (χ1n) is 8.69. The maximum atomic E-state index is 12.6. The molecule has 0 aliphatic carbocycles. The van der Waals surface area contributed by atoms with Crippen LogP contribution in [0.15, 0.2) is 34.8 Å². The number of benzene rings is 1. The number of piperidine rings is 1. The zero-order valence-electron chi connectivity index (χ0n) is 13.6. The van der Waals surface area contributed by atoms with Crippen LogP contribution in [-0.2, 0) is 4.79 Å². The molecule has 0 bridgehead atoms. The molecule has 2 heterocycles. The Balaban J connectivity index is 1.59. The fourth-order valence-corrected chi connectivity index (χ4v) is 4.05. The summed E-state index contributed by atoms with van der Waals surface area (Å²) in [6, 6.07) is 8.42. The Kier molecular flexibility index (Phi) is 5.90. The Morgan fingerprint density at radius 1 is 1.17 bits per heavy atom. The van der Waals surface area contributed by atoms with Gasteiger partial charge in [0.2, 0.25) is 5.91 Å². The first kappa shape index (κ1) is 16.7. The van der Waals surface area contributed by atoms with Crippen LogP contribution in [0, 0.1) is 0 Å². The number of hydrogen-bond acceptors (Lipinski definition) is 2. The molecule has 0 aromatic heterocycles. The molecule has 1 aromatic carbocycles. The Labute approximate surface area is 147 Å². The minimum atomic E-state index is 0.157. The predicted molar refractivity (Wildman–Crippen MR) is 98.2 cm³/mol. The van der Waals surface area contributed by atoms with E-state index in [1.165, 1.54) is 32.4 Å². The summed E-state index contributed by atoms with van der Waals surface area (Å²) >= 11 is 3.47. The van der Waals surface area contributed by atoms with Crippen molar-refractivity contribution in [2.45, 2.75) is 38.1 Å². The normalized spacial score (nSPS) is 22.8. The fourth-order valence-electron chi connectivity index (χ4n) is 3.63. The average Bonchev–Trinajstić information content (AvgIpc) is 3.02. The van der Waals surface area contributed by atoms with Gasteiger partial charge < -0.3 is 9.80 Å². The Morgan fingerprint density at radius 3 is 2.78 bits per heavy atom. The van der Waals surface area contributed by atoms with E-state index in [4.69, 9.17) is 0 Å². The molecule has 0 radical (unpaired) electrons. The molecule has 0 spiro atoms. The molecule has 0 N–H and O–H groups in total. The molecule has 2 aliphatic rings. The highest BCUT2D eigenvalue weighted by Crippen LogP contribution is 2.21. The van der Waals surface area contributed by atoms with Gasteiger partial charge in [-0.25, -0.2) is 0 Å². The molecule has 2 fully saturated rings. The molecule has 124 valence electrons. The van der Waals surface area contributed by atoms with Crippen molar-refractivity contribution in [1.29, 1.82) is 0 Å². The van der Waals surface area contributed by atoms with Gasteiger partial charge in [-0.1, -0.05) is 34.5 Å². The number of likely N-dealkylation sites (tertiary alicyclic amines) is 2. The summed E-state index contributed by atoms with van der Waals surface area (Å²) in [6.07, 6.45) is 9.91. The summed E-state index contributed by atoms with van der Waals surface area (Å²) in [6.45, 7) is 4.36. The molecule has 0 saturated carbocycles. The van der Waals surface area contributed by atoms with E-state index in [0.29, 0.717) is 6.04 Å². The van der Waals surface area contributed by atoms with Crippen molar-refractivity contribution in [2.24, 2.45) is 0 Å². The molecule has 1 aromatic rings. The third-order valence-corrected chi connectivity index (χ3v) is 5.34. The summed E-state index contributed by atoms with van der Waals surface area (Å²) in [5.74, 6) is 0.157. The van der Waals surface area contributed by atoms with Crippen LogP contribution in [0.4, 0.5) is 0 Å². The van der Waals surface area contributed by atoms with Crippen molar-refractivity contribution in [3.63, 3.8) is 0 Å². The molecule has 23 heavy (non-hydrogen) atoms. The number of carbonyl (C=O) groups is 1. The number of hydrogen-bond donors (Lipinski definition) is 0.